The molecule has 2 heterocycles. The second kappa shape index (κ2) is 6.07. The lowest BCUT2D eigenvalue weighted by Crippen LogP contribution is -2.45. The van der Waals surface area contributed by atoms with Gasteiger partial charge in [0.15, 0.2) is 5.13 Å². The lowest BCUT2D eigenvalue weighted by Gasteiger charge is -2.32. The van der Waals surface area contributed by atoms with Gasteiger partial charge in [0.05, 0.1) is 17.6 Å². The van der Waals surface area contributed by atoms with Gasteiger partial charge in [-0.3, -0.25) is 15.0 Å². The van der Waals surface area contributed by atoms with Gasteiger partial charge < -0.3 is 10.1 Å². The summed E-state index contributed by atoms with van der Waals surface area (Å²) in [5.41, 5.74) is 0. The zero-order valence-corrected chi connectivity index (χ0v) is 11.0. The molecule has 7 nitrogen and oxygen atoms in total. The Morgan fingerprint density at radius 2 is 2.61 bits per heavy atom. The lowest BCUT2D eigenvalue weighted by molar-refractivity contribution is -0.380. The standard InChI is InChI=1S/C10H16N4O3S/c1-2-13-3-4-17-8(7-13)5-11-10-12-6-9(18-10)14(15)16/h6,8H,2-5,7H2,1H3,(H,11,12). The summed E-state index contributed by atoms with van der Waals surface area (Å²) < 4.78 is 5.62. The molecular weight excluding hydrogens is 256 g/mol. The van der Waals surface area contributed by atoms with Gasteiger partial charge in [-0.15, -0.1) is 0 Å². The van der Waals surface area contributed by atoms with Crippen molar-refractivity contribution in [3.8, 4) is 0 Å². The van der Waals surface area contributed by atoms with Crippen LogP contribution in [0, 0.1) is 10.1 Å². The minimum atomic E-state index is -0.432. The molecule has 2 rings (SSSR count). The van der Waals surface area contributed by atoms with Crippen LogP contribution < -0.4 is 5.32 Å². The predicted octanol–water partition coefficient (Wildman–Crippen LogP) is 1.18. The summed E-state index contributed by atoms with van der Waals surface area (Å²) in [6.45, 7) is 6.36. The van der Waals surface area contributed by atoms with Gasteiger partial charge in [0.1, 0.15) is 6.20 Å². The maximum atomic E-state index is 10.5. The zero-order valence-electron chi connectivity index (χ0n) is 10.2. The predicted molar refractivity (Wildman–Crippen MR) is 69.1 cm³/mol. The van der Waals surface area contributed by atoms with Crippen LogP contribution >= 0.6 is 11.3 Å². The number of aromatic nitrogens is 1. The fourth-order valence-corrected chi connectivity index (χ4v) is 2.46. The number of nitrogens with zero attached hydrogens (tertiary/aromatic N) is 3. The number of nitrogens with one attached hydrogen (secondary N) is 1. The number of hydrogen-bond acceptors (Lipinski definition) is 7. The summed E-state index contributed by atoms with van der Waals surface area (Å²) in [5, 5.41) is 14.2. The van der Waals surface area contributed by atoms with E-state index in [-0.39, 0.29) is 11.1 Å². The number of hydrogen-bond donors (Lipinski definition) is 1. The van der Waals surface area contributed by atoms with E-state index < -0.39 is 4.92 Å². The Labute approximate surface area is 109 Å². The average molecular weight is 272 g/mol. The first-order chi connectivity index (χ1) is 8.69. The van der Waals surface area contributed by atoms with Crippen molar-refractivity contribution >= 4 is 21.5 Å². The Kier molecular flexibility index (Phi) is 4.45. The number of likely N-dealkylation sites (N-methyl/N-ethyl adjacent to an activating group) is 1. The summed E-state index contributed by atoms with van der Waals surface area (Å²) in [7, 11) is 0. The van der Waals surface area contributed by atoms with E-state index in [2.05, 4.69) is 22.1 Å². The Morgan fingerprint density at radius 3 is 3.28 bits per heavy atom. The normalized spacial score (nSPS) is 20.8. The van der Waals surface area contributed by atoms with E-state index >= 15 is 0 Å². The monoisotopic (exact) mass is 272 g/mol. The summed E-state index contributed by atoms with van der Waals surface area (Å²) >= 11 is 1.05. The molecule has 0 spiro atoms. The summed E-state index contributed by atoms with van der Waals surface area (Å²) in [4.78, 5) is 16.4. The second-order valence-corrected chi connectivity index (χ2v) is 5.04. The molecule has 1 aromatic heterocycles. The molecule has 0 aliphatic carbocycles. The molecule has 1 aliphatic rings. The van der Waals surface area contributed by atoms with E-state index in [1.54, 1.807) is 0 Å². The Morgan fingerprint density at radius 1 is 1.78 bits per heavy atom. The van der Waals surface area contributed by atoms with Crippen molar-refractivity contribution in [1.82, 2.24) is 9.88 Å². The first-order valence-corrected chi connectivity index (χ1v) is 6.68. The summed E-state index contributed by atoms with van der Waals surface area (Å²) in [6, 6.07) is 0. The summed E-state index contributed by atoms with van der Waals surface area (Å²) in [5.74, 6) is 0. The number of ether oxygens (including phenoxy) is 1. The van der Waals surface area contributed by atoms with Crippen LogP contribution in [0.4, 0.5) is 10.1 Å². The highest BCUT2D eigenvalue weighted by Crippen LogP contribution is 2.24. The van der Waals surface area contributed by atoms with Crippen LogP contribution in [0.15, 0.2) is 6.20 Å². The van der Waals surface area contributed by atoms with Crippen molar-refractivity contribution < 1.29 is 9.66 Å². The maximum Gasteiger partial charge on any atom is 0.345 e. The molecule has 1 unspecified atom stereocenters. The highest BCUT2D eigenvalue weighted by atomic mass is 32.1. The minimum absolute atomic E-state index is 0.0530. The third kappa shape index (κ3) is 3.37. The van der Waals surface area contributed by atoms with E-state index in [9.17, 15) is 10.1 Å². The fraction of sp³-hybridized carbons (Fsp3) is 0.700. The highest BCUT2D eigenvalue weighted by Gasteiger charge is 2.19. The van der Waals surface area contributed by atoms with Gasteiger partial charge in [0, 0.05) is 19.6 Å². The first-order valence-electron chi connectivity index (χ1n) is 5.87. The molecule has 18 heavy (non-hydrogen) atoms. The smallest absolute Gasteiger partial charge is 0.345 e. The third-order valence-electron chi connectivity index (χ3n) is 2.82. The lowest BCUT2D eigenvalue weighted by atomic mass is 10.2. The van der Waals surface area contributed by atoms with Gasteiger partial charge in [0.2, 0.25) is 0 Å². The van der Waals surface area contributed by atoms with E-state index in [1.165, 1.54) is 6.20 Å². The Hall–Kier alpha value is -1.25. The number of nitro groups is 1. The van der Waals surface area contributed by atoms with Crippen LogP contribution in [-0.4, -0.2) is 53.7 Å². The van der Waals surface area contributed by atoms with Crippen LogP contribution in [0.25, 0.3) is 0 Å². The fourth-order valence-electron chi connectivity index (χ4n) is 1.82. The molecule has 1 aromatic rings. The van der Waals surface area contributed by atoms with Gasteiger partial charge in [-0.2, -0.15) is 0 Å². The van der Waals surface area contributed by atoms with Crippen LogP contribution in [0.2, 0.25) is 0 Å². The molecule has 1 N–H and O–H groups in total. The van der Waals surface area contributed by atoms with E-state index in [0.29, 0.717) is 11.7 Å². The van der Waals surface area contributed by atoms with Crippen molar-refractivity contribution in [2.75, 3.05) is 38.1 Å². The van der Waals surface area contributed by atoms with E-state index in [0.717, 1.165) is 37.6 Å². The Balaban J connectivity index is 1.81. The maximum absolute atomic E-state index is 10.5. The highest BCUT2D eigenvalue weighted by molar-refractivity contribution is 7.18. The molecule has 0 saturated carbocycles. The van der Waals surface area contributed by atoms with Crippen LogP contribution in [0.5, 0.6) is 0 Å². The molecule has 0 amide bonds. The molecule has 0 radical (unpaired) electrons. The second-order valence-electron chi connectivity index (χ2n) is 4.03. The van der Waals surface area contributed by atoms with Crippen molar-refractivity contribution in [2.45, 2.75) is 13.0 Å². The van der Waals surface area contributed by atoms with E-state index in [4.69, 9.17) is 4.74 Å². The molecule has 100 valence electrons. The van der Waals surface area contributed by atoms with Crippen LogP contribution in [0.3, 0.4) is 0 Å². The zero-order chi connectivity index (χ0) is 13.0. The molecule has 0 bridgehead atoms. The quantitative estimate of drug-likeness (QED) is 0.640. The summed E-state index contributed by atoms with van der Waals surface area (Å²) in [6.07, 6.45) is 1.38. The van der Waals surface area contributed by atoms with Crippen molar-refractivity contribution in [3.05, 3.63) is 16.3 Å². The first kappa shape index (κ1) is 13.2. The van der Waals surface area contributed by atoms with Crippen molar-refractivity contribution in [3.63, 3.8) is 0 Å². The van der Waals surface area contributed by atoms with Gasteiger partial charge in [-0.1, -0.05) is 6.92 Å². The number of anilines is 1. The van der Waals surface area contributed by atoms with Crippen LogP contribution in [0.1, 0.15) is 6.92 Å². The largest absolute Gasteiger partial charge is 0.374 e. The van der Waals surface area contributed by atoms with Gasteiger partial charge in [-0.05, 0) is 17.9 Å². The molecule has 1 fully saturated rings. The minimum Gasteiger partial charge on any atom is -0.374 e. The molecule has 0 aromatic carbocycles. The topological polar surface area (TPSA) is 80.5 Å². The Bertz CT molecular complexity index is 412. The van der Waals surface area contributed by atoms with Gasteiger partial charge in [0.25, 0.3) is 0 Å². The van der Waals surface area contributed by atoms with E-state index in [1.807, 2.05) is 0 Å². The third-order valence-corrected chi connectivity index (χ3v) is 3.73. The molecule has 8 heteroatoms. The van der Waals surface area contributed by atoms with Gasteiger partial charge >= 0.3 is 5.00 Å². The van der Waals surface area contributed by atoms with Crippen LogP contribution in [-0.2, 0) is 4.74 Å². The number of morpholine rings is 1. The van der Waals surface area contributed by atoms with Crippen molar-refractivity contribution in [2.24, 2.45) is 0 Å². The molecule has 1 aliphatic heterocycles. The molecule has 1 saturated heterocycles. The van der Waals surface area contributed by atoms with Crippen molar-refractivity contribution in [1.29, 1.82) is 0 Å². The average Bonchev–Trinajstić information content (AvgIpc) is 2.85. The number of thiazole rings is 1. The van der Waals surface area contributed by atoms with Gasteiger partial charge in [-0.25, -0.2) is 4.98 Å². The molecule has 1 atom stereocenters. The molecular formula is C10H16N4O3S. The number of rotatable bonds is 5. The SMILES string of the molecule is CCN1CCOC(CNc2ncc([N+](=O)[O-])s2)C1.